The number of hydrogen-bond donors (Lipinski definition) is 1. The van der Waals surface area contributed by atoms with Crippen molar-refractivity contribution in [3.05, 3.63) is 87.8 Å². The molecule has 0 bridgehead atoms. The van der Waals surface area contributed by atoms with E-state index in [-0.39, 0.29) is 33.1 Å². The van der Waals surface area contributed by atoms with Crippen LogP contribution in [0.2, 0.25) is 5.02 Å². The fraction of sp³-hybridized carbons (Fsp3) is 0.486. The zero-order valence-corrected chi connectivity index (χ0v) is 28.3. The van der Waals surface area contributed by atoms with Crippen LogP contribution in [-0.2, 0) is 22.8 Å². The number of aromatic nitrogens is 3. The molecule has 1 atom stereocenters. The van der Waals surface area contributed by atoms with Crippen LogP contribution in [0.15, 0.2) is 75.3 Å². The Morgan fingerprint density at radius 3 is 2.51 bits per heavy atom. The van der Waals surface area contributed by atoms with Gasteiger partial charge in [0.05, 0.1) is 10.3 Å². The van der Waals surface area contributed by atoms with E-state index in [0.29, 0.717) is 23.8 Å². The number of sulfone groups is 1. The lowest BCUT2D eigenvalue weighted by atomic mass is 9.63. The van der Waals surface area contributed by atoms with Gasteiger partial charge in [0.2, 0.25) is 0 Å². The van der Waals surface area contributed by atoms with Crippen molar-refractivity contribution in [3.8, 4) is 0 Å². The molecule has 47 heavy (non-hydrogen) atoms. The van der Waals surface area contributed by atoms with Gasteiger partial charge in [-0.15, -0.1) is 0 Å². The SMILES string of the molecule is CS(=O)(=O)c1ccc2oc(C(=O)N[C@H](CCN3CCC(Cn4cncn4)(C4CCCCC4)CC3)Cc3ccc(Cl)cc3)cc(=O)c2c1. The number of hydrogen-bond acceptors (Lipinski definition) is 8. The Hall–Kier alpha value is -3.54. The predicted molar refractivity (Wildman–Crippen MR) is 181 cm³/mol. The fourth-order valence-electron chi connectivity index (χ4n) is 7.47. The van der Waals surface area contributed by atoms with Gasteiger partial charge in [-0.3, -0.25) is 14.3 Å². The van der Waals surface area contributed by atoms with Gasteiger partial charge in [-0.25, -0.2) is 13.4 Å². The van der Waals surface area contributed by atoms with E-state index in [0.717, 1.165) is 56.9 Å². The maximum absolute atomic E-state index is 13.5. The second-order valence-corrected chi connectivity index (χ2v) is 15.8. The minimum Gasteiger partial charge on any atom is -0.451 e. The van der Waals surface area contributed by atoms with E-state index < -0.39 is 21.2 Å². The molecule has 0 radical (unpaired) electrons. The number of rotatable bonds is 11. The first-order valence-corrected chi connectivity index (χ1v) is 18.7. The third kappa shape index (κ3) is 8.13. The maximum atomic E-state index is 13.5. The number of likely N-dealkylation sites (tertiary alicyclic amines) is 1. The second kappa shape index (κ2) is 14.3. The van der Waals surface area contributed by atoms with E-state index in [1.165, 1.54) is 50.3 Å². The zero-order valence-electron chi connectivity index (χ0n) is 26.7. The zero-order chi connectivity index (χ0) is 33.0. The average molecular weight is 680 g/mol. The predicted octanol–water partition coefficient (Wildman–Crippen LogP) is 5.54. The summed E-state index contributed by atoms with van der Waals surface area (Å²) in [5.41, 5.74) is 0.939. The largest absolute Gasteiger partial charge is 0.451 e. The van der Waals surface area contributed by atoms with E-state index in [9.17, 15) is 18.0 Å². The van der Waals surface area contributed by atoms with Crippen LogP contribution in [0.3, 0.4) is 0 Å². The van der Waals surface area contributed by atoms with Gasteiger partial charge in [-0.2, -0.15) is 5.10 Å². The summed E-state index contributed by atoms with van der Waals surface area (Å²) in [6.07, 6.45) is 14.6. The number of carbonyl (C=O) groups is 1. The molecule has 12 heteroatoms. The average Bonchev–Trinajstić information content (AvgIpc) is 3.58. The number of carbonyl (C=O) groups excluding carboxylic acids is 1. The Kier molecular flexibility index (Phi) is 10.1. The van der Waals surface area contributed by atoms with E-state index in [2.05, 4.69) is 20.3 Å². The van der Waals surface area contributed by atoms with Crippen molar-refractivity contribution < 1.29 is 17.6 Å². The van der Waals surface area contributed by atoms with Crippen LogP contribution in [0.1, 0.15) is 67.5 Å². The number of nitrogens with one attached hydrogen (secondary N) is 1. The first kappa shape index (κ1) is 33.4. The monoisotopic (exact) mass is 679 g/mol. The standard InChI is InChI=1S/C35H42ClN5O5S/c1-47(44,45)29-11-12-32-30(20-29)31(42)21-33(46-32)34(43)39-28(19-25-7-9-27(36)10-8-25)13-16-40-17-14-35(15-18-40,22-41-24-37-23-38-41)26-5-3-2-4-6-26/h7-12,20-21,23-24,26,28H,2-6,13-19,22H2,1H3,(H,39,43)/t28-/m1/s1. The molecule has 2 aromatic carbocycles. The molecule has 6 rings (SSSR count). The number of piperidine rings is 1. The van der Waals surface area contributed by atoms with Crippen molar-refractivity contribution in [3.63, 3.8) is 0 Å². The van der Waals surface area contributed by atoms with Gasteiger partial charge in [0.15, 0.2) is 21.0 Å². The summed E-state index contributed by atoms with van der Waals surface area (Å²) in [6.45, 7) is 3.70. The molecule has 1 saturated carbocycles. The molecular formula is C35H42ClN5O5S. The molecule has 3 heterocycles. The number of nitrogens with zero attached hydrogens (tertiary/aromatic N) is 4. The highest BCUT2D eigenvalue weighted by molar-refractivity contribution is 7.90. The minimum absolute atomic E-state index is 0.0182. The summed E-state index contributed by atoms with van der Waals surface area (Å²) >= 11 is 6.14. The summed E-state index contributed by atoms with van der Waals surface area (Å²) in [4.78, 5) is 33.1. The normalized spacial score (nSPS) is 18.3. The summed E-state index contributed by atoms with van der Waals surface area (Å²) in [6, 6.07) is 12.6. The molecule has 4 aromatic rings. The Labute approximate surface area is 280 Å². The van der Waals surface area contributed by atoms with Gasteiger partial charge >= 0.3 is 0 Å². The Balaban J connectivity index is 1.15. The van der Waals surface area contributed by atoms with Crippen molar-refractivity contribution in [2.75, 3.05) is 25.9 Å². The Bertz CT molecular complexity index is 1850. The maximum Gasteiger partial charge on any atom is 0.287 e. The van der Waals surface area contributed by atoms with E-state index in [1.54, 1.807) is 6.33 Å². The summed E-state index contributed by atoms with van der Waals surface area (Å²) in [7, 11) is -3.50. The quantitative estimate of drug-likeness (QED) is 0.219. The van der Waals surface area contributed by atoms with Crippen LogP contribution in [0.4, 0.5) is 0 Å². The molecule has 0 unspecified atom stereocenters. The molecule has 250 valence electrons. The van der Waals surface area contributed by atoms with Crippen LogP contribution in [0, 0.1) is 11.3 Å². The van der Waals surface area contributed by atoms with Gasteiger partial charge in [-0.05, 0) is 98.8 Å². The highest BCUT2D eigenvalue weighted by atomic mass is 35.5. The number of fused-ring (bicyclic) bond motifs is 1. The van der Waals surface area contributed by atoms with Gasteiger partial charge in [-0.1, -0.05) is 43.0 Å². The molecular weight excluding hydrogens is 638 g/mol. The lowest BCUT2D eigenvalue weighted by molar-refractivity contribution is 0.0104. The van der Waals surface area contributed by atoms with E-state index in [4.69, 9.17) is 16.0 Å². The summed E-state index contributed by atoms with van der Waals surface area (Å²) < 4.78 is 31.8. The smallest absolute Gasteiger partial charge is 0.287 e. The Morgan fingerprint density at radius 1 is 1.09 bits per heavy atom. The lowest BCUT2D eigenvalue weighted by Gasteiger charge is -2.48. The highest BCUT2D eigenvalue weighted by Crippen LogP contribution is 2.47. The molecule has 2 fully saturated rings. The van der Waals surface area contributed by atoms with Gasteiger partial charge < -0.3 is 14.6 Å². The number of amides is 1. The first-order chi connectivity index (χ1) is 22.6. The van der Waals surface area contributed by atoms with Gasteiger partial charge in [0.1, 0.15) is 18.2 Å². The minimum atomic E-state index is -3.50. The third-order valence-corrected chi connectivity index (χ3v) is 11.5. The topological polar surface area (TPSA) is 127 Å². The van der Waals surface area contributed by atoms with Gasteiger partial charge in [0, 0.05) is 36.5 Å². The molecule has 1 saturated heterocycles. The second-order valence-electron chi connectivity index (χ2n) is 13.3. The molecule has 2 aliphatic rings. The summed E-state index contributed by atoms with van der Waals surface area (Å²) in [5, 5.41) is 8.33. The van der Waals surface area contributed by atoms with Crippen LogP contribution in [0.5, 0.6) is 0 Å². The molecule has 1 aliphatic carbocycles. The van der Waals surface area contributed by atoms with Crippen molar-refractivity contribution in [1.82, 2.24) is 25.0 Å². The molecule has 1 amide bonds. The summed E-state index contributed by atoms with van der Waals surface area (Å²) in [5.74, 6) is 0.103. The molecule has 10 nitrogen and oxygen atoms in total. The third-order valence-electron chi connectivity index (χ3n) is 10.1. The molecule has 1 N–H and O–H groups in total. The van der Waals surface area contributed by atoms with Crippen LogP contribution in [-0.4, -0.2) is 65.9 Å². The molecule has 2 aromatic heterocycles. The van der Waals surface area contributed by atoms with E-state index >= 15 is 0 Å². The van der Waals surface area contributed by atoms with Crippen LogP contribution < -0.4 is 10.7 Å². The van der Waals surface area contributed by atoms with Gasteiger partial charge in [0.25, 0.3) is 5.91 Å². The number of benzene rings is 2. The Morgan fingerprint density at radius 2 is 1.83 bits per heavy atom. The lowest BCUT2D eigenvalue weighted by Crippen LogP contribution is -2.48. The van der Waals surface area contributed by atoms with Crippen molar-refractivity contribution >= 4 is 38.3 Å². The molecule has 0 spiro atoms. The number of halogens is 1. The fourth-order valence-corrected chi connectivity index (χ4v) is 8.25. The highest BCUT2D eigenvalue weighted by Gasteiger charge is 2.42. The van der Waals surface area contributed by atoms with Crippen molar-refractivity contribution in [1.29, 1.82) is 0 Å². The van der Waals surface area contributed by atoms with Crippen LogP contribution in [0.25, 0.3) is 11.0 Å². The van der Waals surface area contributed by atoms with E-state index in [1.807, 2.05) is 35.3 Å². The van der Waals surface area contributed by atoms with Crippen molar-refractivity contribution in [2.24, 2.45) is 11.3 Å². The molecule has 1 aliphatic heterocycles. The van der Waals surface area contributed by atoms with Crippen LogP contribution >= 0.6 is 11.6 Å². The first-order valence-electron chi connectivity index (χ1n) is 16.5. The van der Waals surface area contributed by atoms with Crippen molar-refractivity contribution in [2.45, 2.75) is 75.3 Å².